The summed E-state index contributed by atoms with van der Waals surface area (Å²) in [5, 5.41) is 15.1. The second-order valence-corrected chi connectivity index (χ2v) is 36.0. The van der Waals surface area contributed by atoms with Gasteiger partial charge in [-0.3, -0.25) is 0 Å². The average molecular weight is 1860 g/mol. The zero-order chi connectivity index (χ0) is 97.0. The minimum Gasteiger partial charge on any atom is -0.247 e. The van der Waals surface area contributed by atoms with E-state index in [0.717, 1.165) is 155 Å². The molecule has 6 aromatic heterocycles. The van der Waals surface area contributed by atoms with Crippen molar-refractivity contribution < 1.29 is 0 Å². The Labute approximate surface area is 843 Å². The molecule has 0 aliphatic heterocycles. The Balaban J connectivity index is 0.000000115. The fourth-order valence-corrected chi connectivity index (χ4v) is 19.7. The molecule has 0 fully saturated rings. The lowest BCUT2D eigenvalue weighted by Gasteiger charge is -2.14. The molecular weight excluding hydrogens is 1780 g/mol. The van der Waals surface area contributed by atoms with Crippen LogP contribution >= 0.6 is 0 Å². The SMILES string of the molecule is c1ccc(-c2cccc3c(-c4ccc(-c5nc(-c6ccc7ccccc7c6)nc(-c6ccc7ccccc7c6)n5)cc4)nc4ccccc4c23)cc1.c1ccc(-c2nc(-c3ccccc3)nc(-c3ccc(-c4ccc(-c5nc6ccccc6c6c(-c7ccccc7)cccc56)cc4)cc3)n2)cc1.c1ccc(-c2nc(-c3ccccc3)nc(-c3ccc(-c4nc5ccccc5c5c(-c6ccccc6)cccc45)cc3)n2)cc1. The molecule has 27 aromatic rings. The molecule has 12 heteroatoms. The smallest absolute Gasteiger partial charge is 0.164 e. The Hall–Kier alpha value is -19.8. The standard InChI is InChI=1S/C48H30N4.C46H30N4.C40H26N4/c1-2-13-33(14-3-1)40-18-10-19-42-44(40)41-17-8-9-20-43(41)49-45(42)34-23-25-35(26-24-34)46-50-47(38-27-21-31-11-4-6-15-36(31)29-38)52-48(51-46)39-28-22-32-12-5-7-16-37(32)30-39;1-4-13-33(14-5-1)38-20-12-21-40-42(38)39-19-10-11-22-41(39)47-43(40)34-27-23-31(24-28-34)32-25-29-37(30-26-32)46-49-44(35-15-6-2-7-16-35)48-45(50-46)36-17-8-3-9-18-36;1-4-13-27(14-5-1)32-20-12-21-34-36(32)33-19-10-11-22-35(33)41-37(34)28-23-25-31(26-24-28)40-43-38(29-15-6-2-7-16-29)42-39(44-40)30-17-8-3-9-18-30/h1-30H;1-30H;1-26H. The summed E-state index contributed by atoms with van der Waals surface area (Å²) in [6.45, 7) is 0. The zero-order valence-electron chi connectivity index (χ0n) is 79.0. The van der Waals surface area contributed by atoms with Gasteiger partial charge in [0.05, 0.1) is 33.6 Å². The van der Waals surface area contributed by atoms with Gasteiger partial charge in [0.2, 0.25) is 0 Å². The number of benzene rings is 21. The summed E-state index contributed by atoms with van der Waals surface area (Å²) in [6.07, 6.45) is 0. The summed E-state index contributed by atoms with van der Waals surface area (Å²) in [4.78, 5) is 60.0. The minimum atomic E-state index is 0.621. The van der Waals surface area contributed by atoms with Gasteiger partial charge >= 0.3 is 0 Å². The monoisotopic (exact) mass is 1860 g/mol. The molecule has 0 unspecified atom stereocenters. The van der Waals surface area contributed by atoms with Gasteiger partial charge in [0.15, 0.2) is 52.4 Å². The number of aromatic nitrogens is 12. The van der Waals surface area contributed by atoms with Crippen molar-refractivity contribution in [1.29, 1.82) is 0 Å². The van der Waals surface area contributed by atoms with Crippen molar-refractivity contribution in [1.82, 2.24) is 59.8 Å². The van der Waals surface area contributed by atoms with E-state index in [1.807, 2.05) is 121 Å². The van der Waals surface area contributed by atoms with E-state index in [0.29, 0.717) is 52.4 Å². The fraction of sp³-hybridized carbons (Fsp3) is 0. The molecule has 682 valence electrons. The molecule has 6 heterocycles. The molecule has 0 bridgehead atoms. The first-order valence-corrected chi connectivity index (χ1v) is 48.9. The highest BCUT2D eigenvalue weighted by atomic mass is 15.1. The third kappa shape index (κ3) is 17.6. The maximum Gasteiger partial charge on any atom is 0.164 e. The average Bonchev–Trinajstić information content (AvgIpc) is 0.750. The van der Waals surface area contributed by atoms with Crippen LogP contribution in [0.15, 0.2) is 522 Å². The molecule has 0 saturated heterocycles. The molecule has 21 aromatic carbocycles. The van der Waals surface area contributed by atoms with Gasteiger partial charge in [-0.1, -0.05) is 491 Å². The highest BCUT2D eigenvalue weighted by Crippen LogP contribution is 2.45. The Bertz CT molecular complexity index is 9340. The predicted molar refractivity (Wildman–Crippen MR) is 600 cm³/mol. The van der Waals surface area contributed by atoms with E-state index in [1.54, 1.807) is 0 Å². The number of hydrogen-bond donors (Lipinski definition) is 0. The third-order valence-corrected chi connectivity index (χ3v) is 26.9. The molecule has 27 rings (SSSR count). The minimum absolute atomic E-state index is 0.621. The van der Waals surface area contributed by atoms with E-state index in [-0.39, 0.29) is 0 Å². The summed E-state index contributed by atoms with van der Waals surface area (Å²) in [5.74, 6) is 5.77. The van der Waals surface area contributed by atoms with Crippen LogP contribution in [0.4, 0.5) is 0 Å². The summed E-state index contributed by atoms with van der Waals surface area (Å²) >= 11 is 0. The largest absolute Gasteiger partial charge is 0.247 e. The van der Waals surface area contributed by atoms with Crippen molar-refractivity contribution in [3.8, 4) is 181 Å². The lowest BCUT2D eigenvalue weighted by Crippen LogP contribution is -2.00. The van der Waals surface area contributed by atoms with Crippen LogP contribution in [0.5, 0.6) is 0 Å². The Morgan fingerprint density at radius 2 is 0.288 bits per heavy atom. The van der Waals surface area contributed by atoms with Gasteiger partial charge in [-0.15, -0.1) is 0 Å². The van der Waals surface area contributed by atoms with Crippen LogP contribution in [0.25, 0.3) is 267 Å². The number of hydrogen-bond acceptors (Lipinski definition) is 12. The van der Waals surface area contributed by atoms with Crippen LogP contribution in [-0.4, -0.2) is 59.8 Å². The number of rotatable bonds is 16. The first-order valence-electron chi connectivity index (χ1n) is 48.9. The summed E-state index contributed by atoms with van der Waals surface area (Å²) < 4.78 is 0. The van der Waals surface area contributed by atoms with E-state index in [4.69, 9.17) is 59.8 Å². The first kappa shape index (κ1) is 87.7. The van der Waals surface area contributed by atoms with Crippen molar-refractivity contribution in [3.63, 3.8) is 0 Å². The lowest BCUT2D eigenvalue weighted by atomic mass is 9.92. The van der Waals surface area contributed by atoms with Gasteiger partial charge in [-0.25, -0.2) is 59.8 Å². The molecule has 0 aliphatic carbocycles. The molecule has 0 atom stereocenters. The zero-order valence-corrected chi connectivity index (χ0v) is 79.0. The van der Waals surface area contributed by atoms with Gasteiger partial charge in [0.25, 0.3) is 0 Å². The molecule has 0 radical (unpaired) electrons. The summed E-state index contributed by atoms with van der Waals surface area (Å²) in [7, 11) is 0. The fourth-order valence-electron chi connectivity index (χ4n) is 19.7. The van der Waals surface area contributed by atoms with Crippen LogP contribution in [0, 0.1) is 0 Å². The number of fused-ring (bicyclic) bond motifs is 11. The van der Waals surface area contributed by atoms with Gasteiger partial charge in [-0.05, 0) is 96.4 Å². The second kappa shape index (κ2) is 39.1. The normalized spacial score (nSPS) is 11.3. The van der Waals surface area contributed by atoms with Crippen molar-refractivity contribution in [2.45, 2.75) is 0 Å². The molecule has 0 N–H and O–H groups in total. The molecule has 12 nitrogen and oxygen atoms in total. The molecule has 146 heavy (non-hydrogen) atoms. The first-order chi connectivity index (χ1) is 72.3. The molecular formula is C134H86N12. The van der Waals surface area contributed by atoms with E-state index in [9.17, 15) is 0 Å². The number of nitrogens with zero attached hydrogens (tertiary/aromatic N) is 12. The summed E-state index contributed by atoms with van der Waals surface area (Å²) in [5.41, 5.74) is 26.8. The van der Waals surface area contributed by atoms with E-state index in [1.165, 1.54) is 60.3 Å². The number of pyridine rings is 3. The third-order valence-electron chi connectivity index (χ3n) is 26.9. The quantitative estimate of drug-likeness (QED) is 0.0846. The second-order valence-electron chi connectivity index (χ2n) is 36.0. The number of para-hydroxylation sites is 3. The topological polar surface area (TPSA) is 155 Å². The molecule has 0 saturated carbocycles. The van der Waals surface area contributed by atoms with Crippen molar-refractivity contribution in [3.05, 3.63) is 522 Å². The van der Waals surface area contributed by atoms with Gasteiger partial charge in [0, 0.05) is 115 Å². The van der Waals surface area contributed by atoms with Gasteiger partial charge < -0.3 is 0 Å². The molecule has 0 aliphatic rings. The molecule has 0 amide bonds. The highest BCUT2D eigenvalue weighted by Gasteiger charge is 2.24. The van der Waals surface area contributed by atoms with Crippen LogP contribution in [0.3, 0.4) is 0 Å². The van der Waals surface area contributed by atoms with Crippen molar-refractivity contribution in [2.75, 3.05) is 0 Å². The Morgan fingerprint density at radius 3 is 0.548 bits per heavy atom. The van der Waals surface area contributed by atoms with E-state index in [2.05, 4.69) is 400 Å². The van der Waals surface area contributed by atoms with Crippen LogP contribution in [0.2, 0.25) is 0 Å². The summed E-state index contributed by atoms with van der Waals surface area (Å²) in [6, 6.07) is 180. The maximum absolute atomic E-state index is 5.23. The Kier molecular flexibility index (Phi) is 23.5. The maximum atomic E-state index is 5.23. The van der Waals surface area contributed by atoms with Gasteiger partial charge in [0.1, 0.15) is 0 Å². The van der Waals surface area contributed by atoms with Gasteiger partial charge in [-0.2, -0.15) is 0 Å². The lowest BCUT2D eigenvalue weighted by molar-refractivity contribution is 1.07. The van der Waals surface area contributed by atoms with Crippen LogP contribution < -0.4 is 0 Å². The van der Waals surface area contributed by atoms with Crippen molar-refractivity contribution in [2.24, 2.45) is 0 Å². The van der Waals surface area contributed by atoms with Crippen molar-refractivity contribution >= 4 is 86.6 Å². The van der Waals surface area contributed by atoms with E-state index < -0.39 is 0 Å². The molecule has 0 spiro atoms. The predicted octanol–water partition coefficient (Wildman–Crippen LogP) is 33.7. The highest BCUT2D eigenvalue weighted by molar-refractivity contribution is 6.20. The van der Waals surface area contributed by atoms with E-state index >= 15 is 0 Å². The van der Waals surface area contributed by atoms with Crippen LogP contribution in [-0.2, 0) is 0 Å². The Morgan fingerprint density at radius 1 is 0.103 bits per heavy atom. The van der Waals surface area contributed by atoms with Crippen LogP contribution in [0.1, 0.15) is 0 Å².